The molecule has 1 aromatic carbocycles. The van der Waals surface area contributed by atoms with E-state index < -0.39 is 6.10 Å². The van der Waals surface area contributed by atoms with Gasteiger partial charge in [0.2, 0.25) is 0 Å². The number of carbonyl (C=O) groups excluding carboxylic acids is 1. The molecule has 20 heavy (non-hydrogen) atoms. The van der Waals surface area contributed by atoms with Gasteiger partial charge in [0.25, 0.3) is 5.91 Å². The molecule has 1 aromatic rings. The lowest BCUT2D eigenvalue weighted by Crippen LogP contribution is -2.32. The van der Waals surface area contributed by atoms with Crippen LogP contribution in [-0.4, -0.2) is 36.8 Å². The van der Waals surface area contributed by atoms with Crippen LogP contribution in [0.15, 0.2) is 24.3 Å². The number of nitrogens with one attached hydrogen (secondary N) is 1. The Morgan fingerprint density at radius 2 is 1.95 bits per heavy atom. The second kappa shape index (κ2) is 7.94. The van der Waals surface area contributed by atoms with Crippen LogP contribution >= 0.6 is 12.2 Å². The van der Waals surface area contributed by atoms with Crippen molar-refractivity contribution >= 4 is 28.8 Å². The standard InChI is InChI=1S/C14H20N2O3S/c1-9(8-18-3)19-10(2)14(17)16-12-6-4-11(5-7-12)13(15)20/h4-7,9-10H,8H2,1-3H3,(H2,15,20)(H,16,17). The highest BCUT2D eigenvalue weighted by atomic mass is 32.1. The average molecular weight is 296 g/mol. The smallest absolute Gasteiger partial charge is 0.253 e. The first kappa shape index (κ1) is 16.6. The lowest BCUT2D eigenvalue weighted by molar-refractivity contribution is -0.131. The van der Waals surface area contributed by atoms with E-state index in [-0.39, 0.29) is 12.0 Å². The van der Waals surface area contributed by atoms with Gasteiger partial charge in [0.1, 0.15) is 11.1 Å². The van der Waals surface area contributed by atoms with Crippen LogP contribution in [0.25, 0.3) is 0 Å². The Kier molecular flexibility index (Phi) is 6.57. The monoisotopic (exact) mass is 296 g/mol. The van der Waals surface area contributed by atoms with E-state index in [1.165, 1.54) is 0 Å². The Hall–Kier alpha value is -1.50. The minimum Gasteiger partial charge on any atom is -0.389 e. The summed E-state index contributed by atoms with van der Waals surface area (Å²) in [6.45, 7) is 4.00. The molecule has 0 fully saturated rings. The molecule has 0 aromatic heterocycles. The summed E-state index contributed by atoms with van der Waals surface area (Å²) < 4.78 is 10.5. The third-order valence-corrected chi connectivity index (χ3v) is 2.88. The summed E-state index contributed by atoms with van der Waals surface area (Å²) in [6.07, 6.45) is -0.701. The Morgan fingerprint density at radius 3 is 2.45 bits per heavy atom. The molecule has 110 valence electrons. The molecule has 0 radical (unpaired) electrons. The van der Waals surface area contributed by atoms with Crippen molar-refractivity contribution in [2.75, 3.05) is 19.0 Å². The zero-order valence-corrected chi connectivity index (χ0v) is 12.7. The minimum absolute atomic E-state index is 0.141. The second-order valence-electron chi connectivity index (χ2n) is 4.48. The van der Waals surface area contributed by atoms with Gasteiger partial charge >= 0.3 is 0 Å². The van der Waals surface area contributed by atoms with E-state index in [9.17, 15) is 4.79 Å². The highest BCUT2D eigenvalue weighted by molar-refractivity contribution is 7.80. The number of rotatable bonds is 7. The number of hydrogen-bond donors (Lipinski definition) is 2. The van der Waals surface area contributed by atoms with Crippen LogP contribution in [0.3, 0.4) is 0 Å². The SMILES string of the molecule is COCC(C)OC(C)C(=O)Nc1ccc(C(N)=S)cc1. The fourth-order valence-electron chi connectivity index (χ4n) is 1.65. The predicted molar refractivity (Wildman–Crippen MR) is 82.8 cm³/mol. The number of ether oxygens (including phenoxy) is 2. The van der Waals surface area contributed by atoms with E-state index in [0.717, 1.165) is 5.56 Å². The fourth-order valence-corrected chi connectivity index (χ4v) is 1.78. The molecule has 0 spiro atoms. The second-order valence-corrected chi connectivity index (χ2v) is 4.91. The zero-order chi connectivity index (χ0) is 15.1. The molecule has 1 rings (SSSR count). The van der Waals surface area contributed by atoms with Gasteiger partial charge < -0.3 is 20.5 Å². The highest BCUT2D eigenvalue weighted by Gasteiger charge is 2.16. The zero-order valence-electron chi connectivity index (χ0n) is 11.9. The molecule has 1 amide bonds. The van der Waals surface area contributed by atoms with Crippen LogP contribution in [0.4, 0.5) is 5.69 Å². The van der Waals surface area contributed by atoms with Crippen molar-refractivity contribution in [1.29, 1.82) is 0 Å². The molecule has 3 N–H and O–H groups in total. The van der Waals surface area contributed by atoms with Crippen LogP contribution in [-0.2, 0) is 14.3 Å². The van der Waals surface area contributed by atoms with Crippen molar-refractivity contribution in [1.82, 2.24) is 0 Å². The fraction of sp³-hybridized carbons (Fsp3) is 0.429. The first-order valence-electron chi connectivity index (χ1n) is 6.29. The van der Waals surface area contributed by atoms with E-state index in [4.69, 9.17) is 27.4 Å². The van der Waals surface area contributed by atoms with Gasteiger partial charge in [-0.15, -0.1) is 0 Å². The number of hydrogen-bond acceptors (Lipinski definition) is 4. The molecule has 6 heteroatoms. The van der Waals surface area contributed by atoms with Gasteiger partial charge in [-0.1, -0.05) is 12.2 Å². The summed E-state index contributed by atoms with van der Waals surface area (Å²) >= 11 is 4.87. The van der Waals surface area contributed by atoms with Crippen LogP contribution in [0.2, 0.25) is 0 Å². The van der Waals surface area contributed by atoms with Gasteiger partial charge in [0.05, 0.1) is 12.7 Å². The predicted octanol–water partition coefficient (Wildman–Crippen LogP) is 1.70. The Bertz CT molecular complexity index is 462. The topological polar surface area (TPSA) is 73.6 Å². The summed E-state index contributed by atoms with van der Waals surface area (Å²) in [6, 6.07) is 7.02. The van der Waals surface area contributed by atoms with Crippen molar-refractivity contribution in [2.24, 2.45) is 5.73 Å². The molecular formula is C14H20N2O3S. The van der Waals surface area contributed by atoms with Gasteiger partial charge in [-0.25, -0.2) is 0 Å². The van der Waals surface area contributed by atoms with Gasteiger partial charge in [0, 0.05) is 18.4 Å². The van der Waals surface area contributed by atoms with Crippen molar-refractivity contribution in [2.45, 2.75) is 26.1 Å². The molecule has 0 saturated carbocycles. The van der Waals surface area contributed by atoms with Gasteiger partial charge in [-0.05, 0) is 38.1 Å². The summed E-state index contributed by atoms with van der Waals surface area (Å²) in [7, 11) is 1.59. The van der Waals surface area contributed by atoms with Crippen LogP contribution < -0.4 is 11.1 Å². The number of nitrogens with two attached hydrogens (primary N) is 1. The third kappa shape index (κ3) is 5.24. The molecule has 0 saturated heterocycles. The third-order valence-electron chi connectivity index (χ3n) is 2.64. The van der Waals surface area contributed by atoms with E-state index >= 15 is 0 Å². The van der Waals surface area contributed by atoms with E-state index in [0.29, 0.717) is 17.3 Å². The molecule has 2 atom stereocenters. The van der Waals surface area contributed by atoms with E-state index in [1.54, 1.807) is 38.3 Å². The molecular weight excluding hydrogens is 276 g/mol. The summed E-state index contributed by atoms with van der Waals surface area (Å²) in [5, 5.41) is 2.77. The molecule has 2 unspecified atom stereocenters. The average Bonchev–Trinajstić information content (AvgIpc) is 2.39. The molecule has 0 heterocycles. The van der Waals surface area contributed by atoms with Crippen LogP contribution in [0.1, 0.15) is 19.4 Å². The summed E-state index contributed by atoms with van der Waals surface area (Å²) in [4.78, 5) is 12.3. The summed E-state index contributed by atoms with van der Waals surface area (Å²) in [5.41, 5.74) is 6.94. The van der Waals surface area contributed by atoms with Gasteiger partial charge in [-0.3, -0.25) is 4.79 Å². The quantitative estimate of drug-likeness (QED) is 0.749. The van der Waals surface area contributed by atoms with Crippen molar-refractivity contribution in [3.05, 3.63) is 29.8 Å². The van der Waals surface area contributed by atoms with Crippen LogP contribution in [0.5, 0.6) is 0 Å². The molecule has 0 bridgehead atoms. The number of benzene rings is 1. The molecule has 5 nitrogen and oxygen atoms in total. The first-order valence-corrected chi connectivity index (χ1v) is 6.70. The number of methoxy groups -OCH3 is 1. The minimum atomic E-state index is -0.560. The van der Waals surface area contributed by atoms with Crippen molar-refractivity contribution in [3.63, 3.8) is 0 Å². The Labute approximate surface area is 124 Å². The van der Waals surface area contributed by atoms with Gasteiger partial charge in [0.15, 0.2) is 0 Å². The number of carbonyl (C=O) groups is 1. The number of anilines is 1. The molecule has 0 aliphatic carbocycles. The molecule has 0 aliphatic rings. The lowest BCUT2D eigenvalue weighted by atomic mass is 10.2. The number of amides is 1. The number of thiocarbonyl (C=S) groups is 1. The van der Waals surface area contributed by atoms with Crippen LogP contribution in [0, 0.1) is 0 Å². The maximum absolute atomic E-state index is 11.9. The van der Waals surface area contributed by atoms with E-state index in [2.05, 4.69) is 5.32 Å². The molecule has 0 aliphatic heterocycles. The normalized spacial score (nSPS) is 13.6. The van der Waals surface area contributed by atoms with Crippen molar-refractivity contribution in [3.8, 4) is 0 Å². The Balaban J connectivity index is 2.54. The Morgan fingerprint density at radius 1 is 1.35 bits per heavy atom. The highest BCUT2D eigenvalue weighted by Crippen LogP contribution is 2.11. The lowest BCUT2D eigenvalue weighted by Gasteiger charge is -2.18. The largest absolute Gasteiger partial charge is 0.389 e. The summed E-state index contributed by atoms with van der Waals surface area (Å²) in [5.74, 6) is -0.212. The van der Waals surface area contributed by atoms with E-state index in [1.807, 2.05) is 6.92 Å². The maximum atomic E-state index is 11.9. The maximum Gasteiger partial charge on any atom is 0.253 e. The van der Waals surface area contributed by atoms with Gasteiger partial charge in [-0.2, -0.15) is 0 Å². The van der Waals surface area contributed by atoms with Crippen molar-refractivity contribution < 1.29 is 14.3 Å². The first-order chi connectivity index (χ1) is 9.43.